The van der Waals surface area contributed by atoms with Gasteiger partial charge in [0.15, 0.2) is 5.01 Å². The second-order valence-electron chi connectivity index (χ2n) is 3.53. The van der Waals surface area contributed by atoms with Crippen LogP contribution in [0.1, 0.15) is 11.6 Å². The first-order valence-electron chi connectivity index (χ1n) is 4.90. The van der Waals surface area contributed by atoms with Gasteiger partial charge in [0.25, 0.3) is 0 Å². The number of nitrogens with zero attached hydrogens (tertiary/aromatic N) is 4. The van der Waals surface area contributed by atoms with Gasteiger partial charge in [-0.1, -0.05) is 0 Å². The molecule has 78 valence electrons. The predicted octanol–water partition coefficient (Wildman–Crippen LogP) is 0.813. The van der Waals surface area contributed by atoms with Crippen LogP contribution in [-0.4, -0.2) is 25.5 Å². The molecule has 0 radical (unpaired) electrons. The maximum atomic E-state index is 4.39. The van der Waals surface area contributed by atoms with Gasteiger partial charge in [0, 0.05) is 13.1 Å². The fraction of sp³-hybridized carbons (Fsp3) is 0.444. The van der Waals surface area contributed by atoms with Crippen molar-refractivity contribution in [2.45, 2.75) is 20.0 Å². The first kappa shape index (κ1) is 8.99. The molecule has 0 unspecified atom stereocenters. The Balaban J connectivity index is 2.08. The van der Waals surface area contributed by atoms with Crippen LogP contribution in [0.2, 0.25) is 0 Å². The van der Waals surface area contributed by atoms with Crippen LogP contribution in [0.5, 0.6) is 0 Å². The minimum Gasteiger partial charge on any atom is -0.324 e. The number of hydrogen-bond acceptors (Lipinski definition) is 5. The summed E-state index contributed by atoms with van der Waals surface area (Å²) in [6, 6.07) is 0. The molecule has 15 heavy (non-hydrogen) atoms. The van der Waals surface area contributed by atoms with Crippen molar-refractivity contribution in [1.82, 2.24) is 24.2 Å². The monoisotopic (exact) mass is 221 g/mol. The number of imidazole rings is 1. The zero-order valence-corrected chi connectivity index (χ0v) is 9.21. The SMILES string of the molecule is Cc1nsc(-c2cnc3n2CCNC3)n1. The minimum atomic E-state index is 0.833. The lowest BCUT2D eigenvalue weighted by Gasteiger charge is -2.16. The van der Waals surface area contributed by atoms with E-state index in [1.807, 2.05) is 13.1 Å². The van der Waals surface area contributed by atoms with Crippen LogP contribution < -0.4 is 5.32 Å². The molecular formula is C9H11N5S. The first-order valence-corrected chi connectivity index (χ1v) is 5.68. The molecule has 0 aromatic carbocycles. The molecule has 0 bridgehead atoms. The van der Waals surface area contributed by atoms with E-state index in [1.165, 1.54) is 11.5 Å². The molecule has 1 N–H and O–H groups in total. The predicted molar refractivity (Wildman–Crippen MR) is 57.6 cm³/mol. The molecular weight excluding hydrogens is 210 g/mol. The summed E-state index contributed by atoms with van der Waals surface area (Å²) in [5, 5.41) is 4.26. The largest absolute Gasteiger partial charge is 0.324 e. The Morgan fingerprint density at radius 1 is 1.53 bits per heavy atom. The van der Waals surface area contributed by atoms with Crippen LogP contribution in [0.3, 0.4) is 0 Å². The van der Waals surface area contributed by atoms with Gasteiger partial charge in [-0.15, -0.1) is 0 Å². The van der Waals surface area contributed by atoms with E-state index < -0.39 is 0 Å². The Labute approximate surface area is 91.4 Å². The fourth-order valence-corrected chi connectivity index (χ4v) is 2.46. The second kappa shape index (κ2) is 3.39. The first-order chi connectivity index (χ1) is 7.34. The van der Waals surface area contributed by atoms with Crippen molar-refractivity contribution in [3.63, 3.8) is 0 Å². The van der Waals surface area contributed by atoms with Crippen molar-refractivity contribution in [2.24, 2.45) is 0 Å². The highest BCUT2D eigenvalue weighted by Crippen LogP contribution is 2.23. The van der Waals surface area contributed by atoms with E-state index in [0.29, 0.717) is 0 Å². The minimum absolute atomic E-state index is 0.833. The van der Waals surface area contributed by atoms with Crippen molar-refractivity contribution < 1.29 is 0 Å². The molecule has 0 amide bonds. The molecule has 0 atom stereocenters. The summed E-state index contributed by atoms with van der Waals surface area (Å²) < 4.78 is 6.41. The summed E-state index contributed by atoms with van der Waals surface area (Å²) in [5.41, 5.74) is 1.09. The van der Waals surface area contributed by atoms with Crippen LogP contribution in [0.15, 0.2) is 6.20 Å². The number of nitrogens with one attached hydrogen (secondary N) is 1. The smallest absolute Gasteiger partial charge is 0.162 e. The van der Waals surface area contributed by atoms with Gasteiger partial charge in [0.2, 0.25) is 0 Å². The quantitative estimate of drug-likeness (QED) is 0.774. The summed E-state index contributed by atoms with van der Waals surface area (Å²) in [7, 11) is 0. The van der Waals surface area contributed by atoms with E-state index in [-0.39, 0.29) is 0 Å². The van der Waals surface area contributed by atoms with Gasteiger partial charge in [-0.2, -0.15) is 4.37 Å². The van der Waals surface area contributed by atoms with E-state index >= 15 is 0 Å². The molecule has 3 rings (SSSR count). The highest BCUT2D eigenvalue weighted by molar-refractivity contribution is 7.09. The topological polar surface area (TPSA) is 55.6 Å². The van der Waals surface area contributed by atoms with Crippen molar-refractivity contribution >= 4 is 11.5 Å². The standard InChI is InChI=1S/C9H11N5S/c1-6-12-9(15-13-6)7-4-11-8-5-10-2-3-14(7)8/h4,10H,2-3,5H2,1H3. The third kappa shape index (κ3) is 1.46. The number of aromatic nitrogens is 4. The summed E-state index contributed by atoms with van der Waals surface area (Å²) in [6.45, 7) is 4.71. The van der Waals surface area contributed by atoms with Crippen LogP contribution in [0.25, 0.3) is 10.7 Å². The van der Waals surface area contributed by atoms with Crippen molar-refractivity contribution in [1.29, 1.82) is 0 Å². The lowest BCUT2D eigenvalue weighted by Crippen LogP contribution is -2.28. The fourth-order valence-electron chi connectivity index (χ4n) is 1.77. The van der Waals surface area contributed by atoms with Crippen molar-refractivity contribution in [2.75, 3.05) is 6.54 Å². The third-order valence-corrected chi connectivity index (χ3v) is 3.31. The van der Waals surface area contributed by atoms with Crippen LogP contribution in [0.4, 0.5) is 0 Å². The molecule has 6 heteroatoms. The maximum absolute atomic E-state index is 4.39. The molecule has 5 nitrogen and oxygen atoms in total. The molecule has 1 aliphatic heterocycles. The van der Waals surface area contributed by atoms with Crippen molar-refractivity contribution in [3.05, 3.63) is 17.8 Å². The van der Waals surface area contributed by atoms with Gasteiger partial charge < -0.3 is 9.88 Å². The van der Waals surface area contributed by atoms with E-state index in [0.717, 1.165) is 42.0 Å². The lowest BCUT2D eigenvalue weighted by atomic mass is 10.4. The summed E-state index contributed by atoms with van der Waals surface area (Å²) in [5.74, 6) is 1.92. The van der Waals surface area contributed by atoms with E-state index in [4.69, 9.17) is 0 Å². The Morgan fingerprint density at radius 3 is 3.27 bits per heavy atom. The molecule has 2 aromatic rings. The third-order valence-electron chi connectivity index (χ3n) is 2.48. The van der Waals surface area contributed by atoms with E-state index in [2.05, 4.69) is 24.2 Å². The van der Waals surface area contributed by atoms with Gasteiger partial charge in [-0.3, -0.25) is 0 Å². The Kier molecular flexibility index (Phi) is 2.03. The van der Waals surface area contributed by atoms with E-state index in [1.54, 1.807) is 0 Å². The van der Waals surface area contributed by atoms with Crippen LogP contribution in [0, 0.1) is 6.92 Å². The Hall–Kier alpha value is -1.27. The average Bonchev–Trinajstić information content (AvgIpc) is 2.83. The Bertz CT molecular complexity index is 486. The van der Waals surface area contributed by atoms with Gasteiger partial charge in [-0.25, -0.2) is 9.97 Å². The molecule has 0 spiro atoms. The average molecular weight is 221 g/mol. The zero-order valence-electron chi connectivity index (χ0n) is 8.40. The molecule has 0 fully saturated rings. The van der Waals surface area contributed by atoms with Gasteiger partial charge in [-0.05, 0) is 18.5 Å². The molecule has 1 aliphatic rings. The van der Waals surface area contributed by atoms with Crippen LogP contribution in [-0.2, 0) is 13.1 Å². The number of fused-ring (bicyclic) bond motifs is 1. The number of hydrogen-bond donors (Lipinski definition) is 1. The highest BCUT2D eigenvalue weighted by Gasteiger charge is 2.16. The summed E-state index contributed by atoms with van der Waals surface area (Å²) >= 11 is 1.44. The van der Waals surface area contributed by atoms with Crippen LogP contribution >= 0.6 is 11.5 Å². The highest BCUT2D eigenvalue weighted by atomic mass is 32.1. The zero-order chi connectivity index (χ0) is 10.3. The summed E-state index contributed by atoms with van der Waals surface area (Å²) in [6.07, 6.45) is 1.89. The molecule has 0 saturated heterocycles. The Morgan fingerprint density at radius 2 is 2.47 bits per heavy atom. The molecule has 2 aromatic heterocycles. The molecule has 0 aliphatic carbocycles. The van der Waals surface area contributed by atoms with Gasteiger partial charge in [0.05, 0.1) is 18.4 Å². The van der Waals surface area contributed by atoms with Gasteiger partial charge in [0.1, 0.15) is 11.6 Å². The second-order valence-corrected chi connectivity index (χ2v) is 4.29. The number of rotatable bonds is 1. The maximum Gasteiger partial charge on any atom is 0.162 e. The lowest BCUT2D eigenvalue weighted by molar-refractivity contribution is 0.508. The normalized spacial score (nSPS) is 15.3. The molecule has 0 saturated carbocycles. The molecule has 3 heterocycles. The van der Waals surface area contributed by atoms with Gasteiger partial charge >= 0.3 is 0 Å². The summed E-state index contributed by atoms with van der Waals surface area (Å²) in [4.78, 5) is 8.77. The van der Waals surface area contributed by atoms with Crippen molar-refractivity contribution in [3.8, 4) is 10.7 Å². The van der Waals surface area contributed by atoms with E-state index in [9.17, 15) is 0 Å². The number of aryl methyl sites for hydroxylation is 1.